The Morgan fingerprint density at radius 3 is 1.79 bits per heavy atom. The van der Waals surface area contributed by atoms with Crippen molar-refractivity contribution in [3.8, 4) is 0 Å². The number of aliphatic hydroxyl groups excluding tert-OH is 1. The zero-order chi connectivity index (χ0) is 20.6. The van der Waals surface area contributed by atoms with Crippen molar-refractivity contribution in [3.05, 3.63) is 35.9 Å². The van der Waals surface area contributed by atoms with Crippen LogP contribution in [-0.2, 0) is 5.60 Å². The second kappa shape index (κ2) is 6.08. The van der Waals surface area contributed by atoms with Crippen LogP contribution < -0.4 is 0 Å². The summed E-state index contributed by atoms with van der Waals surface area (Å²) in [6.07, 6.45) is 6.93. The van der Waals surface area contributed by atoms with Gasteiger partial charge in [0.2, 0.25) is 0 Å². The van der Waals surface area contributed by atoms with Gasteiger partial charge in [0.1, 0.15) is 0 Å². The molecule has 0 aliphatic heterocycles. The van der Waals surface area contributed by atoms with Gasteiger partial charge in [0.15, 0.2) is 0 Å². The van der Waals surface area contributed by atoms with E-state index in [-0.39, 0.29) is 22.3 Å². The van der Waals surface area contributed by atoms with Crippen LogP contribution in [0.5, 0.6) is 0 Å². The maximum Gasteiger partial charge on any atom is 0.0957 e. The summed E-state index contributed by atoms with van der Waals surface area (Å²) in [6.45, 7) is 13.9. The van der Waals surface area contributed by atoms with Gasteiger partial charge in [-0.2, -0.15) is 0 Å². The highest BCUT2D eigenvalue weighted by Crippen LogP contribution is 2.72. The van der Waals surface area contributed by atoms with Crippen molar-refractivity contribution >= 4 is 0 Å². The average Bonchev–Trinajstić information content (AvgIpc) is 3.14. The smallest absolute Gasteiger partial charge is 0.0957 e. The number of benzene rings is 1. The van der Waals surface area contributed by atoms with Crippen LogP contribution in [-0.4, -0.2) is 16.3 Å². The van der Waals surface area contributed by atoms with Gasteiger partial charge in [-0.15, -0.1) is 0 Å². The Morgan fingerprint density at radius 1 is 0.821 bits per heavy atom. The first kappa shape index (κ1) is 20.4. The number of hydrogen-bond donors (Lipinski definition) is 2. The van der Waals surface area contributed by atoms with E-state index in [1.807, 2.05) is 18.2 Å². The predicted molar refractivity (Wildman–Crippen MR) is 115 cm³/mol. The normalized spacial score (nSPS) is 47.1. The minimum Gasteiger partial charge on any atom is -0.393 e. The summed E-state index contributed by atoms with van der Waals surface area (Å²) in [6, 6.07) is 10.3. The summed E-state index contributed by atoms with van der Waals surface area (Å²) in [5.41, 5.74) is 1.35. The minimum atomic E-state index is -0.624. The van der Waals surface area contributed by atoms with E-state index < -0.39 is 5.60 Å². The van der Waals surface area contributed by atoms with Gasteiger partial charge in [0.05, 0.1) is 11.7 Å². The lowest BCUT2D eigenvalue weighted by atomic mass is 9.62. The van der Waals surface area contributed by atoms with Crippen molar-refractivity contribution in [3.63, 3.8) is 0 Å². The quantitative estimate of drug-likeness (QED) is 0.631. The second-order valence-electron chi connectivity index (χ2n) is 11.8. The van der Waals surface area contributed by atoms with Crippen molar-refractivity contribution in [1.29, 1.82) is 0 Å². The van der Waals surface area contributed by atoms with Gasteiger partial charge >= 0.3 is 0 Å². The third kappa shape index (κ3) is 2.34. The van der Waals surface area contributed by atoms with E-state index in [2.05, 4.69) is 53.7 Å². The standard InChI is InChI=1S/C16H22O.C10H18O/c1-14(2)13-9-10-15(14,3)16(17,11-13)12-7-5-4-6-8-12;1-9(2)7-4-5-10(9,3)8(11)6-7/h4-8,13,17H,9-11H2,1-3H3;7-8,11H,4-6H2,1-3H3/t13-,15-,16+;/m1./s1. The molecule has 4 bridgehead atoms. The van der Waals surface area contributed by atoms with Crippen molar-refractivity contribution in [2.45, 2.75) is 91.8 Å². The van der Waals surface area contributed by atoms with Crippen LogP contribution in [0, 0.1) is 33.5 Å². The lowest BCUT2D eigenvalue weighted by Gasteiger charge is -2.45. The summed E-state index contributed by atoms with van der Waals surface area (Å²) in [5, 5.41) is 21.1. The average molecular weight is 385 g/mol. The molecule has 5 rings (SSSR count). The van der Waals surface area contributed by atoms with Crippen LogP contribution in [0.4, 0.5) is 0 Å². The fourth-order valence-electron chi connectivity index (χ4n) is 7.59. The van der Waals surface area contributed by atoms with Gasteiger partial charge in [-0.25, -0.2) is 0 Å². The van der Waals surface area contributed by atoms with E-state index in [0.717, 1.165) is 30.7 Å². The maximum atomic E-state index is 11.2. The molecule has 6 atom stereocenters. The van der Waals surface area contributed by atoms with E-state index in [9.17, 15) is 10.2 Å². The van der Waals surface area contributed by atoms with Crippen LogP contribution >= 0.6 is 0 Å². The number of rotatable bonds is 1. The molecule has 0 saturated heterocycles. The van der Waals surface area contributed by atoms with Crippen LogP contribution in [0.1, 0.15) is 85.6 Å². The van der Waals surface area contributed by atoms with Gasteiger partial charge in [-0.05, 0) is 72.2 Å². The van der Waals surface area contributed by atoms with Gasteiger partial charge in [0.25, 0.3) is 0 Å². The molecule has 4 aliphatic carbocycles. The van der Waals surface area contributed by atoms with Crippen molar-refractivity contribution in [2.75, 3.05) is 0 Å². The van der Waals surface area contributed by atoms with Gasteiger partial charge < -0.3 is 10.2 Å². The van der Waals surface area contributed by atoms with Crippen molar-refractivity contribution < 1.29 is 10.2 Å². The first-order chi connectivity index (χ1) is 12.9. The first-order valence-corrected chi connectivity index (χ1v) is 11.4. The van der Waals surface area contributed by atoms with Gasteiger partial charge in [0, 0.05) is 5.41 Å². The zero-order valence-corrected chi connectivity index (χ0v) is 18.8. The molecule has 4 saturated carbocycles. The third-order valence-electron chi connectivity index (χ3n) is 10.9. The summed E-state index contributed by atoms with van der Waals surface area (Å²) in [4.78, 5) is 0. The first-order valence-electron chi connectivity index (χ1n) is 11.4. The Kier molecular flexibility index (Phi) is 4.43. The highest BCUT2D eigenvalue weighted by molar-refractivity contribution is 5.31. The Balaban J connectivity index is 0.000000151. The Hall–Kier alpha value is -0.860. The topological polar surface area (TPSA) is 40.5 Å². The summed E-state index contributed by atoms with van der Waals surface area (Å²) < 4.78 is 0. The van der Waals surface area contributed by atoms with E-state index in [1.54, 1.807) is 0 Å². The van der Waals surface area contributed by atoms with Crippen molar-refractivity contribution in [1.82, 2.24) is 0 Å². The molecular formula is C26H40O2. The molecule has 2 N–H and O–H groups in total. The Bertz CT molecular complexity index is 738. The molecule has 156 valence electrons. The summed E-state index contributed by atoms with van der Waals surface area (Å²) in [5.74, 6) is 1.44. The minimum absolute atomic E-state index is 0.0199. The number of hydrogen-bond acceptors (Lipinski definition) is 2. The summed E-state index contributed by atoms with van der Waals surface area (Å²) >= 11 is 0. The Labute approximate surface area is 171 Å². The predicted octanol–water partition coefficient (Wildman–Crippen LogP) is 5.91. The molecule has 4 aliphatic rings. The fourth-order valence-corrected chi connectivity index (χ4v) is 7.59. The molecule has 1 aromatic carbocycles. The highest BCUT2D eigenvalue weighted by atomic mass is 16.3. The molecule has 0 radical (unpaired) electrons. The molecule has 0 aromatic heterocycles. The lowest BCUT2D eigenvalue weighted by molar-refractivity contribution is -0.0957. The summed E-state index contributed by atoms with van der Waals surface area (Å²) in [7, 11) is 0. The van der Waals surface area contributed by atoms with Crippen LogP contribution in [0.3, 0.4) is 0 Å². The number of aliphatic hydroxyl groups is 2. The van der Waals surface area contributed by atoms with E-state index in [1.165, 1.54) is 19.3 Å². The zero-order valence-electron chi connectivity index (χ0n) is 18.8. The third-order valence-corrected chi connectivity index (χ3v) is 10.9. The SMILES string of the molecule is CC1(C)C2CCC1(C)C(O)C2.CC1(C)[C@@H]2CC[C@@]1(C)[C@@](O)(c1ccccc1)C2. The van der Waals surface area contributed by atoms with E-state index >= 15 is 0 Å². The lowest BCUT2D eigenvalue weighted by Crippen LogP contribution is -2.44. The molecule has 3 unspecified atom stereocenters. The molecule has 0 heterocycles. The second-order valence-corrected chi connectivity index (χ2v) is 11.8. The fraction of sp³-hybridized carbons (Fsp3) is 0.769. The molecule has 28 heavy (non-hydrogen) atoms. The number of fused-ring (bicyclic) bond motifs is 4. The van der Waals surface area contributed by atoms with Crippen LogP contribution in [0.25, 0.3) is 0 Å². The van der Waals surface area contributed by atoms with Crippen LogP contribution in [0.15, 0.2) is 30.3 Å². The largest absolute Gasteiger partial charge is 0.393 e. The molecule has 2 heteroatoms. The van der Waals surface area contributed by atoms with E-state index in [4.69, 9.17) is 0 Å². The molecule has 4 fully saturated rings. The Morgan fingerprint density at radius 2 is 1.43 bits per heavy atom. The molecule has 0 amide bonds. The molecule has 1 aromatic rings. The van der Waals surface area contributed by atoms with Crippen LogP contribution in [0.2, 0.25) is 0 Å². The highest BCUT2D eigenvalue weighted by Gasteiger charge is 2.68. The maximum absolute atomic E-state index is 11.2. The molecule has 2 nitrogen and oxygen atoms in total. The van der Waals surface area contributed by atoms with Gasteiger partial charge in [-0.3, -0.25) is 0 Å². The molecule has 0 spiro atoms. The van der Waals surface area contributed by atoms with Crippen molar-refractivity contribution in [2.24, 2.45) is 33.5 Å². The van der Waals surface area contributed by atoms with Gasteiger partial charge in [-0.1, -0.05) is 71.9 Å². The monoisotopic (exact) mass is 384 g/mol. The molecular weight excluding hydrogens is 344 g/mol. The van der Waals surface area contributed by atoms with E-state index in [0.29, 0.717) is 11.3 Å².